The number of nitrogens with zero attached hydrogens (tertiary/aromatic N) is 4. The summed E-state index contributed by atoms with van der Waals surface area (Å²) in [6, 6.07) is 61.0. The molecule has 10 rings (SSSR count). The van der Waals surface area contributed by atoms with E-state index in [4.69, 9.17) is 5.73 Å². The second-order valence-corrected chi connectivity index (χ2v) is 16.7. The number of nitrogens with two attached hydrogens (primary N) is 1. The lowest BCUT2D eigenvalue weighted by Gasteiger charge is -2.17. The molecule has 318 valence electrons. The van der Waals surface area contributed by atoms with Gasteiger partial charge < -0.3 is 21.7 Å². The van der Waals surface area contributed by atoms with Crippen molar-refractivity contribution in [2.75, 3.05) is 42.8 Å². The van der Waals surface area contributed by atoms with E-state index < -0.39 is 0 Å². The number of hydrogen-bond donors (Lipinski definition) is 4. The Kier molecular flexibility index (Phi) is 11.3. The van der Waals surface area contributed by atoms with Gasteiger partial charge in [0, 0.05) is 102 Å². The third-order valence-electron chi connectivity index (χ3n) is 12.7. The summed E-state index contributed by atoms with van der Waals surface area (Å²) in [5, 5.41) is 17.4. The third kappa shape index (κ3) is 8.07. The maximum atomic E-state index is 6.75. The predicted octanol–water partition coefficient (Wildman–Crippen LogP) is 9.89. The lowest BCUT2D eigenvalue weighted by atomic mass is 9.96. The van der Waals surface area contributed by atoms with Gasteiger partial charge in [-0.2, -0.15) is 9.13 Å². The van der Waals surface area contributed by atoms with Crippen molar-refractivity contribution >= 4 is 66.1 Å². The molecule has 0 unspecified atom stereocenters. The zero-order valence-electron chi connectivity index (χ0n) is 37.2. The Morgan fingerprint density at radius 2 is 0.769 bits per heavy atom. The average Bonchev–Trinajstić information content (AvgIpc) is 3.36. The van der Waals surface area contributed by atoms with Crippen LogP contribution in [0.1, 0.15) is 0 Å². The molecule has 6 aromatic carbocycles. The van der Waals surface area contributed by atoms with Gasteiger partial charge in [-0.3, -0.25) is 0 Å². The SMILES string of the molecule is CNc1ccc2c(c1)c(-c1ccccc1)[n+](C/C(C[n+]1ccccc1)=C(\C[n+]1ccccc1)C[n+]1c(-c3ccccc3)c3cc(NC)ccc3c3ccc(NC)cc31)c1cc(N)ccc21. The van der Waals surface area contributed by atoms with Gasteiger partial charge in [-0.25, -0.2) is 9.13 Å². The second kappa shape index (κ2) is 17.9. The number of aromatic nitrogens is 4. The second-order valence-electron chi connectivity index (χ2n) is 16.7. The van der Waals surface area contributed by atoms with Crippen LogP contribution in [0.3, 0.4) is 0 Å². The molecule has 10 aromatic rings. The minimum absolute atomic E-state index is 0.604. The van der Waals surface area contributed by atoms with E-state index in [2.05, 4.69) is 223 Å². The number of nitrogen functional groups attached to an aromatic ring is 1. The van der Waals surface area contributed by atoms with Gasteiger partial charge in [-0.1, -0.05) is 60.7 Å². The van der Waals surface area contributed by atoms with Crippen molar-refractivity contribution < 1.29 is 18.3 Å². The van der Waals surface area contributed by atoms with E-state index >= 15 is 0 Å². The Morgan fingerprint density at radius 1 is 0.385 bits per heavy atom. The first-order chi connectivity index (χ1) is 32.0. The van der Waals surface area contributed by atoms with E-state index in [-0.39, 0.29) is 0 Å². The van der Waals surface area contributed by atoms with E-state index in [0.29, 0.717) is 26.2 Å². The molecule has 0 aliphatic heterocycles. The van der Waals surface area contributed by atoms with Crippen LogP contribution in [0.5, 0.6) is 0 Å². The van der Waals surface area contributed by atoms with Gasteiger partial charge in [0.1, 0.15) is 0 Å². The third-order valence-corrected chi connectivity index (χ3v) is 12.7. The molecule has 0 fully saturated rings. The highest BCUT2D eigenvalue weighted by atomic mass is 15.0. The summed E-state index contributed by atoms with van der Waals surface area (Å²) in [7, 11) is 5.98. The van der Waals surface area contributed by atoms with Crippen molar-refractivity contribution in [3.8, 4) is 22.5 Å². The normalized spacial score (nSPS) is 11.9. The Hall–Kier alpha value is -8.10. The van der Waals surface area contributed by atoms with Crippen molar-refractivity contribution in [2.45, 2.75) is 26.2 Å². The van der Waals surface area contributed by atoms with Gasteiger partial charge in [0.25, 0.3) is 0 Å². The van der Waals surface area contributed by atoms with E-state index in [9.17, 15) is 0 Å². The van der Waals surface area contributed by atoms with Crippen molar-refractivity contribution in [2.24, 2.45) is 0 Å². The first-order valence-electron chi connectivity index (χ1n) is 22.3. The van der Waals surface area contributed by atoms with Gasteiger partial charge in [-0.15, -0.1) is 0 Å². The van der Waals surface area contributed by atoms with Crippen LogP contribution >= 0.6 is 0 Å². The molecule has 0 atom stereocenters. The van der Waals surface area contributed by atoms with Gasteiger partial charge in [0.2, 0.25) is 22.4 Å². The number of rotatable bonds is 13. The van der Waals surface area contributed by atoms with Crippen molar-refractivity contribution in [1.29, 1.82) is 0 Å². The molecule has 5 N–H and O–H groups in total. The zero-order valence-corrected chi connectivity index (χ0v) is 37.2. The standard InChI is InChI=1S/C57H52N8/c1-59-45-21-25-48-50-24-20-44(58)32-54(50)64(56(52(48)33-45)40-16-8-4-9-17-40)38-42(36-62-28-12-6-13-29-62)43(37-63-30-14-7-15-31-63)39-65-55-35-47(61-3)23-27-51(55)49-26-22-46(60-2)34-53(49)57(65)41-18-10-5-11-19-41/h4-35,58-60H,36-39H2,1-3H3/q+2/p+2/b43-42+. The van der Waals surface area contributed by atoms with Crippen LogP contribution in [0, 0.1) is 0 Å². The van der Waals surface area contributed by atoms with Crippen LogP contribution in [-0.2, 0) is 26.2 Å². The van der Waals surface area contributed by atoms with Gasteiger partial charge >= 0.3 is 0 Å². The summed E-state index contributed by atoms with van der Waals surface area (Å²) in [4.78, 5) is 0. The number of allylic oxidation sites excluding steroid dienone is 2. The smallest absolute Gasteiger partial charge is 0.221 e. The number of nitrogens with one attached hydrogen (secondary N) is 3. The molecule has 0 aliphatic rings. The van der Waals surface area contributed by atoms with E-state index in [1.54, 1.807) is 0 Å². The van der Waals surface area contributed by atoms with E-state index in [1.165, 1.54) is 43.8 Å². The number of pyridine rings is 4. The highest BCUT2D eigenvalue weighted by molar-refractivity contribution is 6.11. The fourth-order valence-electron chi connectivity index (χ4n) is 9.52. The lowest BCUT2D eigenvalue weighted by molar-refractivity contribution is -0.708. The molecule has 0 bridgehead atoms. The monoisotopic (exact) mass is 850 g/mol. The molecule has 0 saturated carbocycles. The molecular formula is C57H54N8+4. The first-order valence-corrected chi connectivity index (χ1v) is 22.3. The maximum absolute atomic E-state index is 6.75. The molecule has 0 saturated heterocycles. The molecule has 4 heterocycles. The van der Waals surface area contributed by atoms with Crippen LogP contribution in [0.4, 0.5) is 22.7 Å². The van der Waals surface area contributed by atoms with Crippen molar-refractivity contribution in [3.05, 3.63) is 206 Å². The molecule has 65 heavy (non-hydrogen) atoms. The minimum Gasteiger partial charge on any atom is -0.399 e. The van der Waals surface area contributed by atoms with Crippen molar-refractivity contribution in [3.63, 3.8) is 0 Å². The largest absolute Gasteiger partial charge is 0.399 e. The summed E-state index contributed by atoms with van der Waals surface area (Å²) in [6.07, 6.45) is 8.72. The van der Waals surface area contributed by atoms with Crippen LogP contribution in [0.2, 0.25) is 0 Å². The summed E-state index contributed by atoms with van der Waals surface area (Å²) in [5.74, 6) is 0. The molecule has 8 heteroatoms. The van der Waals surface area contributed by atoms with Gasteiger partial charge in [0.15, 0.2) is 51.0 Å². The Labute approximate surface area is 380 Å². The fraction of sp³-hybridized carbons (Fsp3) is 0.123. The average molecular weight is 851 g/mol. The number of hydrogen-bond acceptors (Lipinski definition) is 4. The van der Waals surface area contributed by atoms with Crippen LogP contribution in [0.15, 0.2) is 206 Å². The lowest BCUT2D eigenvalue weighted by Crippen LogP contribution is -2.47. The summed E-state index contributed by atoms with van der Waals surface area (Å²) in [5.41, 5.74) is 20.1. The van der Waals surface area contributed by atoms with Gasteiger partial charge in [-0.05, 0) is 72.8 Å². The molecular weight excluding hydrogens is 797 g/mol. The first kappa shape index (κ1) is 40.9. The molecule has 0 spiro atoms. The highest BCUT2D eigenvalue weighted by Crippen LogP contribution is 2.36. The molecule has 8 nitrogen and oxygen atoms in total. The van der Waals surface area contributed by atoms with Crippen LogP contribution < -0.4 is 40.0 Å². The fourth-order valence-corrected chi connectivity index (χ4v) is 9.52. The summed E-state index contributed by atoms with van der Waals surface area (Å²) in [6.45, 7) is 2.57. The molecule has 0 radical (unpaired) electrons. The number of fused-ring (bicyclic) bond motifs is 6. The van der Waals surface area contributed by atoms with Crippen LogP contribution in [-0.4, -0.2) is 21.1 Å². The van der Waals surface area contributed by atoms with Gasteiger partial charge in [0.05, 0.1) is 32.7 Å². The molecule has 0 aliphatic carbocycles. The summed E-state index contributed by atoms with van der Waals surface area (Å²) < 4.78 is 9.72. The van der Waals surface area contributed by atoms with E-state index in [1.807, 2.05) is 27.2 Å². The topological polar surface area (TPSA) is 77.6 Å². The zero-order chi connectivity index (χ0) is 44.3. The van der Waals surface area contributed by atoms with Crippen LogP contribution in [0.25, 0.3) is 65.9 Å². The number of anilines is 4. The highest BCUT2D eigenvalue weighted by Gasteiger charge is 2.32. The molecule has 4 aromatic heterocycles. The number of benzene rings is 6. The Bertz CT molecular complexity index is 3370. The maximum Gasteiger partial charge on any atom is 0.221 e. The van der Waals surface area contributed by atoms with Crippen molar-refractivity contribution in [1.82, 2.24) is 0 Å². The van der Waals surface area contributed by atoms with E-state index in [0.717, 1.165) is 56.0 Å². The molecule has 0 amide bonds. The Balaban J connectivity index is 1.33. The quantitative estimate of drug-likeness (QED) is 0.0404. The minimum atomic E-state index is 0.604. The summed E-state index contributed by atoms with van der Waals surface area (Å²) >= 11 is 0. The Morgan fingerprint density at radius 3 is 1.22 bits per heavy atom. The predicted molar refractivity (Wildman–Crippen MR) is 268 cm³/mol.